The average molecular weight is 353 g/mol. The minimum absolute atomic E-state index is 0.0431. The SMILES string of the molecule is CC(C)[C@@H](NC(=O)c1cc(Cl)cc(Br)c1F)C(=O)O. The molecule has 2 N–H and O–H groups in total. The Balaban J connectivity index is 3.04. The van der Waals surface area contributed by atoms with Crippen molar-refractivity contribution < 1.29 is 19.1 Å². The first kappa shape index (κ1) is 15.9. The van der Waals surface area contributed by atoms with Crippen molar-refractivity contribution in [2.24, 2.45) is 5.92 Å². The maximum Gasteiger partial charge on any atom is 0.326 e. The van der Waals surface area contributed by atoms with Crippen molar-refractivity contribution in [2.45, 2.75) is 19.9 Å². The molecule has 0 fully saturated rings. The number of benzene rings is 1. The van der Waals surface area contributed by atoms with Gasteiger partial charge in [0.25, 0.3) is 5.91 Å². The van der Waals surface area contributed by atoms with Crippen molar-refractivity contribution >= 4 is 39.4 Å². The molecule has 0 saturated carbocycles. The maximum absolute atomic E-state index is 13.8. The summed E-state index contributed by atoms with van der Waals surface area (Å²) in [6.45, 7) is 3.28. The molecule has 0 unspecified atom stereocenters. The summed E-state index contributed by atoms with van der Waals surface area (Å²) in [6.07, 6.45) is 0. The molecule has 1 amide bonds. The fourth-order valence-electron chi connectivity index (χ4n) is 1.45. The summed E-state index contributed by atoms with van der Waals surface area (Å²) in [5, 5.41) is 11.4. The lowest BCUT2D eigenvalue weighted by atomic mass is 10.0. The van der Waals surface area contributed by atoms with E-state index in [1.165, 1.54) is 6.07 Å². The van der Waals surface area contributed by atoms with Crippen molar-refractivity contribution in [3.8, 4) is 0 Å². The van der Waals surface area contributed by atoms with E-state index in [1.807, 2.05) is 0 Å². The minimum atomic E-state index is -1.18. The highest BCUT2D eigenvalue weighted by Gasteiger charge is 2.25. The Kier molecular flexibility index (Phi) is 5.31. The highest BCUT2D eigenvalue weighted by atomic mass is 79.9. The number of halogens is 3. The molecule has 0 aliphatic rings. The standard InChI is InChI=1S/C12H12BrClFNO3/c1-5(2)10(12(18)19)16-11(17)7-3-6(14)4-8(13)9(7)15/h3-5,10H,1-2H3,(H,16,17)(H,18,19)/t10-/m1/s1. The second-order valence-corrected chi connectivity index (χ2v) is 5.57. The molecule has 1 aromatic rings. The second-order valence-electron chi connectivity index (χ2n) is 4.28. The van der Waals surface area contributed by atoms with Crippen LogP contribution in [0, 0.1) is 11.7 Å². The molecular weight excluding hydrogens is 340 g/mol. The molecule has 0 aliphatic carbocycles. The first-order valence-electron chi connectivity index (χ1n) is 5.42. The van der Waals surface area contributed by atoms with Crippen molar-refractivity contribution in [1.29, 1.82) is 0 Å². The molecule has 104 valence electrons. The molecule has 0 spiro atoms. The van der Waals surface area contributed by atoms with Crippen LogP contribution in [0.5, 0.6) is 0 Å². The van der Waals surface area contributed by atoms with Gasteiger partial charge in [0.15, 0.2) is 0 Å². The number of carbonyl (C=O) groups is 2. The van der Waals surface area contributed by atoms with Crippen LogP contribution in [0.4, 0.5) is 4.39 Å². The van der Waals surface area contributed by atoms with Gasteiger partial charge >= 0.3 is 5.97 Å². The molecule has 0 aromatic heterocycles. The monoisotopic (exact) mass is 351 g/mol. The van der Waals surface area contributed by atoms with Gasteiger partial charge in [-0.25, -0.2) is 9.18 Å². The highest BCUT2D eigenvalue weighted by Crippen LogP contribution is 2.24. The fraction of sp³-hybridized carbons (Fsp3) is 0.333. The fourth-order valence-corrected chi connectivity index (χ4v) is 2.26. The normalized spacial score (nSPS) is 12.3. The minimum Gasteiger partial charge on any atom is -0.480 e. The molecule has 0 saturated heterocycles. The molecule has 1 atom stereocenters. The average Bonchev–Trinajstić information content (AvgIpc) is 2.29. The van der Waals surface area contributed by atoms with E-state index < -0.39 is 23.7 Å². The Morgan fingerprint density at radius 2 is 2.00 bits per heavy atom. The van der Waals surface area contributed by atoms with Crippen LogP contribution < -0.4 is 5.32 Å². The quantitative estimate of drug-likeness (QED) is 0.818. The first-order valence-corrected chi connectivity index (χ1v) is 6.59. The number of carboxylic acids is 1. The molecule has 4 nitrogen and oxygen atoms in total. The van der Waals surface area contributed by atoms with Crippen molar-refractivity contribution in [2.75, 3.05) is 0 Å². The number of hydrogen-bond donors (Lipinski definition) is 2. The predicted molar refractivity (Wildman–Crippen MR) is 72.8 cm³/mol. The lowest BCUT2D eigenvalue weighted by Gasteiger charge is -2.18. The molecule has 0 heterocycles. The van der Waals surface area contributed by atoms with E-state index in [9.17, 15) is 14.0 Å². The number of hydrogen-bond acceptors (Lipinski definition) is 2. The van der Waals surface area contributed by atoms with Crippen LogP contribution in [-0.4, -0.2) is 23.0 Å². The Morgan fingerprint density at radius 3 is 2.47 bits per heavy atom. The Bertz CT molecular complexity index is 522. The van der Waals surface area contributed by atoms with Crippen molar-refractivity contribution in [3.05, 3.63) is 33.0 Å². The number of nitrogens with one attached hydrogen (secondary N) is 1. The van der Waals surface area contributed by atoms with E-state index in [4.69, 9.17) is 16.7 Å². The van der Waals surface area contributed by atoms with Gasteiger partial charge in [-0.3, -0.25) is 4.79 Å². The van der Waals surface area contributed by atoms with E-state index in [2.05, 4.69) is 21.2 Å². The van der Waals surface area contributed by atoms with Crippen LogP contribution >= 0.6 is 27.5 Å². The van der Waals surface area contributed by atoms with Gasteiger partial charge in [-0.1, -0.05) is 25.4 Å². The molecule has 0 radical (unpaired) electrons. The van der Waals surface area contributed by atoms with Crippen LogP contribution in [0.25, 0.3) is 0 Å². The zero-order valence-corrected chi connectivity index (χ0v) is 12.5. The Morgan fingerprint density at radius 1 is 1.42 bits per heavy atom. The largest absolute Gasteiger partial charge is 0.480 e. The molecule has 1 rings (SSSR count). The topological polar surface area (TPSA) is 66.4 Å². The number of carbonyl (C=O) groups excluding carboxylic acids is 1. The zero-order chi connectivity index (χ0) is 14.7. The van der Waals surface area contributed by atoms with Crippen molar-refractivity contribution in [1.82, 2.24) is 5.32 Å². The van der Waals surface area contributed by atoms with Crippen molar-refractivity contribution in [3.63, 3.8) is 0 Å². The Hall–Kier alpha value is -1.14. The van der Waals surface area contributed by atoms with Gasteiger partial charge in [0.1, 0.15) is 11.9 Å². The van der Waals surface area contributed by atoms with E-state index in [1.54, 1.807) is 13.8 Å². The summed E-state index contributed by atoms with van der Waals surface area (Å²) in [5.74, 6) is -3.10. The van der Waals surface area contributed by atoms with Gasteiger partial charge in [-0.15, -0.1) is 0 Å². The molecule has 1 aromatic carbocycles. The molecule has 19 heavy (non-hydrogen) atoms. The van der Waals surface area contributed by atoms with Gasteiger partial charge in [-0.2, -0.15) is 0 Å². The summed E-state index contributed by atoms with van der Waals surface area (Å²) in [6, 6.07) is 1.37. The van der Waals surface area contributed by atoms with Crippen LogP contribution in [0.15, 0.2) is 16.6 Å². The van der Waals surface area contributed by atoms with Gasteiger partial charge in [0, 0.05) is 5.02 Å². The third kappa shape index (κ3) is 3.91. The number of carboxylic acid groups (broad SMARTS) is 1. The van der Waals surface area contributed by atoms with E-state index in [0.717, 1.165) is 6.07 Å². The number of aliphatic carboxylic acids is 1. The summed E-state index contributed by atoms with van der Waals surface area (Å²) in [5.41, 5.74) is -0.300. The van der Waals surface area contributed by atoms with Gasteiger partial charge in [-0.05, 0) is 34.0 Å². The highest BCUT2D eigenvalue weighted by molar-refractivity contribution is 9.10. The van der Waals surface area contributed by atoms with E-state index in [-0.39, 0.29) is 21.0 Å². The smallest absolute Gasteiger partial charge is 0.326 e. The summed E-state index contributed by atoms with van der Waals surface area (Å²) in [7, 11) is 0. The van der Waals surface area contributed by atoms with Crippen LogP contribution in [-0.2, 0) is 4.79 Å². The molecular formula is C12H12BrClFNO3. The predicted octanol–water partition coefficient (Wildman–Crippen LogP) is 3.08. The third-order valence-electron chi connectivity index (χ3n) is 2.46. The summed E-state index contributed by atoms with van der Waals surface area (Å²) < 4.78 is 13.8. The number of amides is 1. The lowest BCUT2D eigenvalue weighted by molar-refractivity contribution is -0.140. The van der Waals surface area contributed by atoms with Crippen LogP contribution in [0.1, 0.15) is 24.2 Å². The summed E-state index contributed by atoms with van der Waals surface area (Å²) >= 11 is 8.67. The maximum atomic E-state index is 13.8. The van der Waals surface area contributed by atoms with Crippen LogP contribution in [0.2, 0.25) is 5.02 Å². The zero-order valence-electron chi connectivity index (χ0n) is 10.2. The second kappa shape index (κ2) is 6.34. The summed E-state index contributed by atoms with van der Waals surface area (Å²) in [4.78, 5) is 22.9. The van der Waals surface area contributed by atoms with E-state index >= 15 is 0 Å². The Labute approximate surface area is 123 Å². The lowest BCUT2D eigenvalue weighted by Crippen LogP contribution is -2.44. The van der Waals surface area contributed by atoms with Gasteiger partial charge in [0.05, 0.1) is 10.0 Å². The van der Waals surface area contributed by atoms with E-state index in [0.29, 0.717) is 0 Å². The molecule has 7 heteroatoms. The number of rotatable bonds is 4. The molecule has 0 bridgehead atoms. The molecule has 0 aliphatic heterocycles. The van der Waals surface area contributed by atoms with Gasteiger partial charge < -0.3 is 10.4 Å². The third-order valence-corrected chi connectivity index (χ3v) is 3.25. The van der Waals surface area contributed by atoms with Gasteiger partial charge in [0.2, 0.25) is 0 Å². The van der Waals surface area contributed by atoms with Crippen LogP contribution in [0.3, 0.4) is 0 Å². The first-order chi connectivity index (χ1) is 8.73.